The minimum atomic E-state index is 1.06. The SMILES string of the molecule is C/C=C(\N)CCCCCCCCCCCCCCCCCC. The summed E-state index contributed by atoms with van der Waals surface area (Å²) in [5.41, 5.74) is 6.86. The van der Waals surface area contributed by atoms with Crippen LogP contribution in [0, 0.1) is 0 Å². The van der Waals surface area contributed by atoms with Gasteiger partial charge in [-0.1, -0.05) is 109 Å². The zero-order chi connectivity index (χ0) is 16.3. The van der Waals surface area contributed by atoms with Gasteiger partial charge >= 0.3 is 0 Å². The van der Waals surface area contributed by atoms with Gasteiger partial charge in [-0.3, -0.25) is 0 Å². The molecule has 0 bridgehead atoms. The van der Waals surface area contributed by atoms with E-state index in [4.69, 9.17) is 5.73 Å². The van der Waals surface area contributed by atoms with Gasteiger partial charge in [0.2, 0.25) is 0 Å². The number of hydrogen-bond acceptors (Lipinski definition) is 1. The third kappa shape index (κ3) is 17.6. The van der Waals surface area contributed by atoms with Crippen molar-refractivity contribution in [3.05, 3.63) is 11.8 Å². The molecule has 132 valence electrons. The van der Waals surface area contributed by atoms with Crippen molar-refractivity contribution in [2.75, 3.05) is 0 Å². The van der Waals surface area contributed by atoms with Crippen molar-refractivity contribution < 1.29 is 0 Å². The van der Waals surface area contributed by atoms with Gasteiger partial charge in [-0.15, -0.1) is 0 Å². The van der Waals surface area contributed by atoms with Crippen LogP contribution in [0.15, 0.2) is 11.8 Å². The second-order valence-electron chi connectivity index (χ2n) is 6.92. The van der Waals surface area contributed by atoms with Crippen LogP contribution in [0.25, 0.3) is 0 Å². The van der Waals surface area contributed by atoms with E-state index in [1.807, 2.05) is 13.0 Å². The van der Waals surface area contributed by atoms with Crippen molar-refractivity contribution >= 4 is 0 Å². The summed E-state index contributed by atoms with van der Waals surface area (Å²) in [6.07, 6.45) is 26.0. The lowest BCUT2D eigenvalue weighted by Gasteiger charge is -2.04. The van der Waals surface area contributed by atoms with Crippen molar-refractivity contribution in [3.8, 4) is 0 Å². The minimum Gasteiger partial charge on any atom is -0.402 e. The summed E-state index contributed by atoms with van der Waals surface area (Å²) in [7, 11) is 0. The van der Waals surface area contributed by atoms with Gasteiger partial charge in [0.15, 0.2) is 0 Å². The lowest BCUT2D eigenvalue weighted by Crippen LogP contribution is -1.95. The first-order chi connectivity index (χ1) is 10.8. The quantitative estimate of drug-likeness (QED) is 0.276. The van der Waals surface area contributed by atoms with Gasteiger partial charge in [-0.2, -0.15) is 0 Å². The molecule has 0 aromatic rings. The van der Waals surface area contributed by atoms with E-state index in [2.05, 4.69) is 6.92 Å². The number of nitrogens with two attached hydrogens (primary N) is 1. The Labute approximate surface area is 141 Å². The Morgan fingerprint density at radius 3 is 1.23 bits per heavy atom. The Hall–Kier alpha value is -0.460. The molecule has 0 aromatic carbocycles. The first kappa shape index (κ1) is 21.5. The molecule has 0 saturated heterocycles. The molecular formula is C21H43N. The van der Waals surface area contributed by atoms with Gasteiger partial charge < -0.3 is 5.73 Å². The highest BCUT2D eigenvalue weighted by Crippen LogP contribution is 2.14. The maximum atomic E-state index is 5.79. The zero-order valence-electron chi connectivity index (χ0n) is 15.7. The average molecular weight is 310 g/mol. The largest absolute Gasteiger partial charge is 0.402 e. The van der Waals surface area contributed by atoms with Crippen LogP contribution in [0.4, 0.5) is 0 Å². The molecule has 0 radical (unpaired) electrons. The van der Waals surface area contributed by atoms with Gasteiger partial charge in [-0.25, -0.2) is 0 Å². The lowest BCUT2D eigenvalue weighted by atomic mass is 10.0. The Morgan fingerprint density at radius 2 is 0.909 bits per heavy atom. The Bertz CT molecular complexity index is 232. The highest BCUT2D eigenvalue weighted by molar-refractivity contribution is 4.92. The fraction of sp³-hybridized carbons (Fsp3) is 0.905. The van der Waals surface area contributed by atoms with E-state index in [-0.39, 0.29) is 0 Å². The Morgan fingerprint density at radius 1 is 0.591 bits per heavy atom. The topological polar surface area (TPSA) is 26.0 Å². The normalized spacial score (nSPS) is 12.0. The molecule has 0 fully saturated rings. The van der Waals surface area contributed by atoms with Gasteiger partial charge in [0.25, 0.3) is 0 Å². The average Bonchev–Trinajstić information content (AvgIpc) is 2.54. The van der Waals surface area contributed by atoms with E-state index in [0.29, 0.717) is 0 Å². The highest BCUT2D eigenvalue weighted by Gasteiger charge is 1.95. The van der Waals surface area contributed by atoms with E-state index < -0.39 is 0 Å². The number of allylic oxidation sites excluding steroid dienone is 2. The molecule has 0 amide bonds. The second kappa shape index (κ2) is 18.6. The summed E-state index contributed by atoms with van der Waals surface area (Å²) in [4.78, 5) is 0. The molecule has 0 aromatic heterocycles. The summed E-state index contributed by atoms with van der Waals surface area (Å²) < 4.78 is 0. The highest BCUT2D eigenvalue weighted by atomic mass is 14.6. The van der Waals surface area contributed by atoms with Crippen LogP contribution >= 0.6 is 0 Å². The van der Waals surface area contributed by atoms with Crippen molar-refractivity contribution in [2.24, 2.45) is 5.73 Å². The van der Waals surface area contributed by atoms with Crippen LogP contribution in [0.2, 0.25) is 0 Å². The smallest absolute Gasteiger partial charge is 0.00371 e. The van der Waals surface area contributed by atoms with E-state index in [1.54, 1.807) is 0 Å². The summed E-state index contributed by atoms with van der Waals surface area (Å²) in [5.74, 6) is 0. The van der Waals surface area contributed by atoms with E-state index in [9.17, 15) is 0 Å². The molecule has 0 rings (SSSR count). The van der Waals surface area contributed by atoms with Crippen LogP contribution in [0.1, 0.15) is 123 Å². The molecule has 1 nitrogen and oxygen atoms in total. The standard InChI is InChI=1S/C21H43N/c1-3-5-6-7-8-9-10-11-12-13-14-15-16-17-18-19-20-21(22)4-2/h4H,3,5-20,22H2,1-2H3/b21-4-. The van der Waals surface area contributed by atoms with Crippen LogP contribution in [0.3, 0.4) is 0 Å². The third-order valence-electron chi connectivity index (χ3n) is 4.69. The van der Waals surface area contributed by atoms with Crippen LogP contribution in [0.5, 0.6) is 0 Å². The maximum Gasteiger partial charge on any atom is 0.00371 e. The van der Waals surface area contributed by atoms with Gasteiger partial charge in [0, 0.05) is 5.70 Å². The van der Waals surface area contributed by atoms with Crippen LogP contribution in [-0.4, -0.2) is 0 Å². The van der Waals surface area contributed by atoms with Crippen molar-refractivity contribution in [1.29, 1.82) is 0 Å². The molecule has 22 heavy (non-hydrogen) atoms. The van der Waals surface area contributed by atoms with Crippen LogP contribution in [-0.2, 0) is 0 Å². The van der Waals surface area contributed by atoms with Crippen LogP contribution < -0.4 is 5.73 Å². The number of unbranched alkanes of at least 4 members (excludes halogenated alkanes) is 15. The summed E-state index contributed by atoms with van der Waals surface area (Å²) in [5, 5.41) is 0. The molecule has 0 atom stereocenters. The van der Waals surface area contributed by atoms with E-state index in [1.165, 1.54) is 103 Å². The molecule has 0 saturated carbocycles. The van der Waals surface area contributed by atoms with Crippen molar-refractivity contribution in [2.45, 2.75) is 123 Å². The number of rotatable bonds is 17. The molecule has 0 aliphatic rings. The Kier molecular flexibility index (Phi) is 18.2. The summed E-state index contributed by atoms with van der Waals surface area (Å²) >= 11 is 0. The number of hydrogen-bond donors (Lipinski definition) is 1. The zero-order valence-corrected chi connectivity index (χ0v) is 15.7. The minimum absolute atomic E-state index is 1.06. The van der Waals surface area contributed by atoms with E-state index >= 15 is 0 Å². The molecule has 1 heteroatoms. The fourth-order valence-electron chi connectivity index (χ4n) is 3.02. The van der Waals surface area contributed by atoms with Crippen molar-refractivity contribution in [3.63, 3.8) is 0 Å². The first-order valence-electron chi connectivity index (χ1n) is 10.2. The Balaban J connectivity index is 3.00. The first-order valence-corrected chi connectivity index (χ1v) is 10.2. The lowest BCUT2D eigenvalue weighted by molar-refractivity contribution is 0.529. The maximum absolute atomic E-state index is 5.79. The monoisotopic (exact) mass is 309 g/mol. The molecule has 0 spiro atoms. The predicted molar refractivity (Wildman–Crippen MR) is 102 cm³/mol. The fourth-order valence-corrected chi connectivity index (χ4v) is 3.02. The van der Waals surface area contributed by atoms with E-state index in [0.717, 1.165) is 12.1 Å². The summed E-state index contributed by atoms with van der Waals surface area (Å²) in [6, 6.07) is 0. The molecule has 0 aliphatic carbocycles. The van der Waals surface area contributed by atoms with Gasteiger partial charge in [0.1, 0.15) is 0 Å². The van der Waals surface area contributed by atoms with Gasteiger partial charge in [0.05, 0.1) is 0 Å². The van der Waals surface area contributed by atoms with Gasteiger partial charge in [-0.05, 0) is 19.8 Å². The third-order valence-corrected chi connectivity index (χ3v) is 4.69. The molecular weight excluding hydrogens is 266 g/mol. The molecule has 0 unspecified atom stereocenters. The molecule has 0 heterocycles. The predicted octanol–water partition coefficient (Wildman–Crippen LogP) is 7.50. The summed E-state index contributed by atoms with van der Waals surface area (Å²) in [6.45, 7) is 4.32. The molecule has 2 N–H and O–H groups in total. The molecule has 0 aliphatic heterocycles. The second-order valence-corrected chi connectivity index (χ2v) is 6.92. The van der Waals surface area contributed by atoms with Crippen molar-refractivity contribution in [1.82, 2.24) is 0 Å².